The fraction of sp³-hybridized carbons (Fsp3) is 0.276. The SMILES string of the molecule is C[C@@H](O/C(O)=C(\[N+]#N)c1cc(Br)ccc1OCc1ccc(OCc2ccccc2)cc1)C(=O)N1CCCC1. The molecule has 0 saturated carbocycles. The highest BCUT2D eigenvalue weighted by molar-refractivity contribution is 9.10. The van der Waals surface area contributed by atoms with Crippen LogP contribution in [-0.2, 0) is 22.7 Å². The minimum absolute atomic E-state index is 0.220. The van der Waals surface area contributed by atoms with Crippen LogP contribution < -0.4 is 9.47 Å². The highest BCUT2D eigenvalue weighted by Gasteiger charge is 2.32. The van der Waals surface area contributed by atoms with Crippen molar-refractivity contribution in [2.75, 3.05) is 13.1 Å². The van der Waals surface area contributed by atoms with Crippen molar-refractivity contribution in [3.8, 4) is 11.5 Å². The number of likely N-dealkylation sites (tertiary alicyclic amines) is 1. The second-order valence-corrected chi connectivity index (χ2v) is 9.81. The van der Waals surface area contributed by atoms with E-state index in [1.165, 1.54) is 0 Å². The van der Waals surface area contributed by atoms with Crippen LogP contribution in [0.3, 0.4) is 0 Å². The van der Waals surface area contributed by atoms with Crippen LogP contribution in [-0.4, -0.2) is 35.1 Å². The fourth-order valence-electron chi connectivity index (χ4n) is 4.08. The monoisotopic (exact) mass is 578 g/mol. The molecule has 0 unspecified atom stereocenters. The Labute approximate surface area is 230 Å². The highest BCUT2D eigenvalue weighted by atomic mass is 79.9. The number of nitrogens with zero attached hydrogens (tertiary/aromatic N) is 3. The Balaban J connectivity index is 1.43. The van der Waals surface area contributed by atoms with Gasteiger partial charge in [-0.3, -0.25) is 4.79 Å². The van der Waals surface area contributed by atoms with Gasteiger partial charge in [0.05, 0.1) is 0 Å². The summed E-state index contributed by atoms with van der Waals surface area (Å²) in [6.45, 7) is 3.58. The molecule has 0 aliphatic carbocycles. The number of diazo groups is 1. The van der Waals surface area contributed by atoms with E-state index in [9.17, 15) is 15.3 Å². The first-order chi connectivity index (χ1) is 18.4. The van der Waals surface area contributed by atoms with Crippen molar-refractivity contribution in [1.29, 1.82) is 5.39 Å². The van der Waals surface area contributed by atoms with E-state index in [1.807, 2.05) is 54.6 Å². The number of hydrogen-bond acceptors (Lipinski definition) is 6. The van der Waals surface area contributed by atoms with E-state index >= 15 is 0 Å². The van der Waals surface area contributed by atoms with Gasteiger partial charge in [0.25, 0.3) is 5.91 Å². The third-order valence-electron chi connectivity index (χ3n) is 6.12. The van der Waals surface area contributed by atoms with Gasteiger partial charge in [-0.15, -0.1) is 0 Å². The van der Waals surface area contributed by atoms with Crippen LogP contribution >= 0.6 is 15.9 Å². The maximum absolute atomic E-state index is 12.6. The molecular formula is C29H29BrN3O5+. The lowest BCUT2D eigenvalue weighted by atomic mass is 10.1. The zero-order chi connectivity index (χ0) is 26.9. The Morgan fingerprint density at radius 1 is 1.00 bits per heavy atom. The first-order valence-electron chi connectivity index (χ1n) is 12.4. The summed E-state index contributed by atoms with van der Waals surface area (Å²) < 4.78 is 18.0. The first kappa shape index (κ1) is 27.0. The van der Waals surface area contributed by atoms with Crippen molar-refractivity contribution in [3.63, 3.8) is 0 Å². The Morgan fingerprint density at radius 3 is 2.34 bits per heavy atom. The number of carbonyl (C=O) groups is 1. The molecule has 0 bridgehead atoms. The third kappa shape index (κ3) is 7.05. The van der Waals surface area contributed by atoms with Gasteiger partial charge in [0.15, 0.2) is 11.1 Å². The lowest BCUT2D eigenvalue weighted by molar-refractivity contribution is -0.141. The smallest absolute Gasteiger partial charge is 0.474 e. The zero-order valence-electron chi connectivity index (χ0n) is 21.0. The maximum atomic E-state index is 12.6. The molecule has 0 aromatic heterocycles. The van der Waals surface area contributed by atoms with E-state index in [1.54, 1.807) is 30.0 Å². The van der Waals surface area contributed by atoms with Gasteiger partial charge in [-0.25, -0.2) is 0 Å². The van der Waals surface area contributed by atoms with Gasteiger partial charge in [0.1, 0.15) is 30.3 Å². The molecule has 4 rings (SSSR count). The number of benzene rings is 3. The van der Waals surface area contributed by atoms with E-state index in [0.717, 1.165) is 29.7 Å². The summed E-state index contributed by atoms with van der Waals surface area (Å²) in [4.78, 5) is 17.5. The second-order valence-electron chi connectivity index (χ2n) is 8.89. The maximum Gasteiger partial charge on any atom is 0.474 e. The molecule has 1 fully saturated rings. The van der Waals surface area contributed by atoms with Gasteiger partial charge >= 0.3 is 11.6 Å². The third-order valence-corrected chi connectivity index (χ3v) is 6.61. The molecule has 1 saturated heterocycles. The molecule has 0 radical (unpaired) electrons. The standard InChI is InChI=1S/C29H28BrN3O5/c1-20(28(34)33-15-5-6-16-33)38-29(35)27(32-31)25-17-23(30)11-14-26(25)37-19-22-9-12-24(13-10-22)36-18-21-7-3-2-4-8-21/h2-4,7-14,17,20H,5-6,15-16,18-19H2,1H3/p+1/b29-27-/t20-/m1/s1. The van der Waals surface area contributed by atoms with Crippen molar-refractivity contribution in [1.82, 2.24) is 4.90 Å². The zero-order valence-corrected chi connectivity index (χ0v) is 22.6. The summed E-state index contributed by atoms with van der Waals surface area (Å²) in [5, 5.41) is 20.4. The number of ether oxygens (including phenoxy) is 3. The molecule has 1 aliphatic rings. The number of aliphatic hydroxyl groups excluding tert-OH is 1. The predicted octanol–water partition coefficient (Wildman–Crippen LogP) is 6.67. The summed E-state index contributed by atoms with van der Waals surface area (Å²) in [5.41, 5.74) is 2.03. The van der Waals surface area contributed by atoms with E-state index in [-0.39, 0.29) is 18.2 Å². The summed E-state index contributed by atoms with van der Waals surface area (Å²) >= 11 is 3.40. The molecule has 1 atom stereocenters. The average molecular weight is 579 g/mol. The van der Waals surface area contributed by atoms with E-state index in [2.05, 4.69) is 20.9 Å². The minimum Gasteiger partial charge on any atom is -0.489 e. The number of rotatable bonds is 10. The molecule has 3 aromatic carbocycles. The van der Waals surface area contributed by atoms with Crippen LogP contribution in [0.4, 0.5) is 0 Å². The number of amides is 1. The Bertz CT molecular complexity index is 1320. The number of halogens is 1. The molecule has 1 heterocycles. The van der Waals surface area contributed by atoms with Gasteiger partial charge in [0, 0.05) is 17.6 Å². The van der Waals surface area contributed by atoms with Crippen molar-refractivity contribution >= 4 is 27.5 Å². The van der Waals surface area contributed by atoms with Crippen LogP contribution in [0.5, 0.6) is 11.5 Å². The topological polar surface area (TPSA) is 96.4 Å². The summed E-state index contributed by atoms with van der Waals surface area (Å²) in [7, 11) is 0. The minimum atomic E-state index is -0.941. The lowest BCUT2D eigenvalue weighted by Gasteiger charge is -2.20. The largest absolute Gasteiger partial charge is 0.489 e. The van der Waals surface area contributed by atoms with Crippen LogP contribution in [0, 0.1) is 5.39 Å². The number of hydrogen-bond donors (Lipinski definition) is 1. The van der Waals surface area contributed by atoms with Crippen molar-refractivity contribution in [2.45, 2.75) is 39.1 Å². The number of aliphatic hydroxyl groups is 1. The average Bonchev–Trinajstić information content (AvgIpc) is 3.48. The molecular weight excluding hydrogens is 550 g/mol. The summed E-state index contributed by atoms with van der Waals surface area (Å²) in [5.74, 6) is 0.202. The molecule has 196 valence electrons. The lowest BCUT2D eigenvalue weighted by Crippen LogP contribution is -2.37. The van der Waals surface area contributed by atoms with Gasteiger partial charge in [-0.05, 0) is 61.2 Å². The first-order valence-corrected chi connectivity index (χ1v) is 13.2. The Kier molecular flexibility index (Phi) is 9.22. The van der Waals surface area contributed by atoms with Gasteiger partial charge in [0.2, 0.25) is 5.39 Å². The van der Waals surface area contributed by atoms with Crippen molar-refractivity contribution < 1.29 is 24.1 Å². The van der Waals surface area contributed by atoms with E-state index < -0.39 is 12.0 Å². The summed E-state index contributed by atoms with van der Waals surface area (Å²) in [6, 6.07) is 22.6. The van der Waals surface area contributed by atoms with Crippen molar-refractivity contribution in [2.24, 2.45) is 0 Å². The molecule has 1 aliphatic heterocycles. The molecule has 0 spiro atoms. The molecule has 9 heteroatoms. The normalized spacial score (nSPS) is 14.3. The van der Waals surface area contributed by atoms with Crippen LogP contribution in [0.25, 0.3) is 10.7 Å². The predicted molar refractivity (Wildman–Crippen MR) is 147 cm³/mol. The van der Waals surface area contributed by atoms with Gasteiger partial charge < -0.3 is 24.2 Å². The second kappa shape index (κ2) is 13.0. The molecule has 1 amide bonds. The molecule has 3 aromatic rings. The fourth-order valence-corrected chi connectivity index (χ4v) is 4.44. The van der Waals surface area contributed by atoms with Crippen LogP contribution in [0.2, 0.25) is 0 Å². The Hall–Kier alpha value is -4.03. The summed E-state index contributed by atoms with van der Waals surface area (Å²) in [6.07, 6.45) is 0.948. The Morgan fingerprint density at radius 2 is 1.66 bits per heavy atom. The highest BCUT2D eigenvalue weighted by Crippen LogP contribution is 2.33. The van der Waals surface area contributed by atoms with Crippen LogP contribution in [0.15, 0.2) is 83.2 Å². The quantitative estimate of drug-likeness (QED) is 0.213. The number of carbonyl (C=O) groups excluding carboxylic acids is 1. The molecule has 8 nitrogen and oxygen atoms in total. The van der Waals surface area contributed by atoms with Crippen LogP contribution in [0.1, 0.15) is 36.5 Å². The molecule has 38 heavy (non-hydrogen) atoms. The van der Waals surface area contributed by atoms with Crippen molar-refractivity contribution in [3.05, 3.63) is 105 Å². The van der Waals surface area contributed by atoms with E-state index in [4.69, 9.17) is 14.2 Å². The van der Waals surface area contributed by atoms with Gasteiger partial charge in [-0.1, -0.05) is 58.4 Å². The van der Waals surface area contributed by atoms with E-state index in [0.29, 0.717) is 35.5 Å². The molecule has 1 N–H and O–H groups in total. The van der Waals surface area contributed by atoms with Gasteiger partial charge in [-0.2, -0.15) is 0 Å².